The van der Waals surface area contributed by atoms with Crippen LogP contribution < -0.4 is 5.84 Å². The minimum atomic E-state index is 0.0133. The summed E-state index contributed by atoms with van der Waals surface area (Å²) < 4.78 is 5.83. The quantitative estimate of drug-likeness (QED) is 0.528. The van der Waals surface area contributed by atoms with Gasteiger partial charge in [-0.05, 0) is 25.5 Å². The number of furan rings is 1. The molecule has 5 nitrogen and oxygen atoms in total. The molecule has 0 saturated carbocycles. The first-order valence-corrected chi connectivity index (χ1v) is 6.41. The van der Waals surface area contributed by atoms with E-state index in [2.05, 4.69) is 5.10 Å². The number of rotatable bonds is 3. The van der Waals surface area contributed by atoms with E-state index in [1.165, 1.54) is 0 Å². The van der Waals surface area contributed by atoms with Crippen molar-refractivity contribution >= 4 is 22.6 Å². The SMILES string of the molecule is C/C(=N\N)c1oc2cc(C)ccc2c1CC(=O)N(C)C. The van der Waals surface area contributed by atoms with Crippen LogP contribution in [0.4, 0.5) is 0 Å². The van der Waals surface area contributed by atoms with Gasteiger partial charge in [-0.3, -0.25) is 4.79 Å². The van der Waals surface area contributed by atoms with Gasteiger partial charge in [0.2, 0.25) is 5.91 Å². The van der Waals surface area contributed by atoms with Gasteiger partial charge in [0.15, 0.2) is 5.76 Å². The van der Waals surface area contributed by atoms with Gasteiger partial charge in [-0.25, -0.2) is 0 Å². The molecule has 2 aromatic rings. The molecule has 0 radical (unpaired) electrons. The molecule has 0 saturated heterocycles. The van der Waals surface area contributed by atoms with Crippen molar-refractivity contribution in [3.63, 3.8) is 0 Å². The summed E-state index contributed by atoms with van der Waals surface area (Å²) >= 11 is 0. The summed E-state index contributed by atoms with van der Waals surface area (Å²) in [5, 5.41) is 4.62. The Balaban J connectivity index is 2.61. The number of benzene rings is 1. The van der Waals surface area contributed by atoms with E-state index in [-0.39, 0.29) is 12.3 Å². The smallest absolute Gasteiger partial charge is 0.226 e. The molecule has 0 atom stereocenters. The number of hydrogen-bond acceptors (Lipinski definition) is 4. The van der Waals surface area contributed by atoms with Crippen LogP contribution in [0.5, 0.6) is 0 Å². The molecule has 20 heavy (non-hydrogen) atoms. The highest BCUT2D eigenvalue weighted by atomic mass is 16.3. The normalized spacial score (nSPS) is 11.9. The largest absolute Gasteiger partial charge is 0.454 e. The van der Waals surface area contributed by atoms with Gasteiger partial charge in [0, 0.05) is 25.0 Å². The van der Waals surface area contributed by atoms with Gasteiger partial charge in [0.25, 0.3) is 0 Å². The molecule has 106 valence electrons. The van der Waals surface area contributed by atoms with Crippen molar-refractivity contribution in [2.45, 2.75) is 20.3 Å². The van der Waals surface area contributed by atoms with Crippen LogP contribution in [0.1, 0.15) is 23.8 Å². The zero-order chi connectivity index (χ0) is 14.9. The summed E-state index contributed by atoms with van der Waals surface area (Å²) in [6.07, 6.45) is 0.269. The summed E-state index contributed by atoms with van der Waals surface area (Å²) in [4.78, 5) is 13.6. The van der Waals surface area contributed by atoms with Crippen molar-refractivity contribution in [2.24, 2.45) is 10.9 Å². The Labute approximate surface area is 118 Å². The van der Waals surface area contributed by atoms with E-state index >= 15 is 0 Å². The average molecular weight is 273 g/mol. The molecule has 1 amide bonds. The van der Waals surface area contributed by atoms with Gasteiger partial charge in [-0.15, -0.1) is 0 Å². The van der Waals surface area contributed by atoms with Crippen LogP contribution in [-0.2, 0) is 11.2 Å². The number of amides is 1. The maximum absolute atomic E-state index is 12.0. The number of hydrazone groups is 1. The number of carbonyl (C=O) groups excluding carboxylic acids is 1. The lowest BCUT2D eigenvalue weighted by molar-refractivity contribution is -0.127. The van der Waals surface area contributed by atoms with Crippen molar-refractivity contribution in [3.8, 4) is 0 Å². The highest BCUT2D eigenvalue weighted by Gasteiger charge is 2.19. The summed E-state index contributed by atoms with van der Waals surface area (Å²) in [6, 6.07) is 5.92. The van der Waals surface area contributed by atoms with E-state index in [9.17, 15) is 4.79 Å². The molecule has 0 aliphatic carbocycles. The van der Waals surface area contributed by atoms with Crippen molar-refractivity contribution < 1.29 is 9.21 Å². The Hall–Kier alpha value is -2.30. The van der Waals surface area contributed by atoms with E-state index < -0.39 is 0 Å². The van der Waals surface area contributed by atoms with Crippen LogP contribution in [-0.4, -0.2) is 30.6 Å². The molecule has 2 rings (SSSR count). The van der Waals surface area contributed by atoms with E-state index in [1.807, 2.05) is 25.1 Å². The summed E-state index contributed by atoms with van der Waals surface area (Å²) in [7, 11) is 3.47. The maximum atomic E-state index is 12.0. The minimum absolute atomic E-state index is 0.0133. The molecule has 0 aliphatic rings. The summed E-state index contributed by atoms with van der Waals surface area (Å²) in [6.45, 7) is 3.77. The first-order valence-electron chi connectivity index (χ1n) is 6.41. The van der Waals surface area contributed by atoms with Crippen LogP contribution in [0.3, 0.4) is 0 Å². The molecule has 0 bridgehead atoms. The zero-order valence-electron chi connectivity index (χ0n) is 12.2. The Morgan fingerprint density at radius 2 is 2.10 bits per heavy atom. The van der Waals surface area contributed by atoms with Gasteiger partial charge < -0.3 is 15.2 Å². The number of carbonyl (C=O) groups is 1. The van der Waals surface area contributed by atoms with Gasteiger partial charge in [0.1, 0.15) is 5.58 Å². The molecule has 5 heteroatoms. The topological polar surface area (TPSA) is 71.8 Å². The molecule has 1 heterocycles. The number of nitrogens with two attached hydrogens (primary N) is 1. The first kappa shape index (κ1) is 14.1. The van der Waals surface area contributed by atoms with Crippen molar-refractivity contribution in [1.82, 2.24) is 4.90 Å². The van der Waals surface area contributed by atoms with Crippen LogP contribution in [0.15, 0.2) is 27.7 Å². The molecule has 0 spiro atoms. The zero-order valence-corrected chi connectivity index (χ0v) is 12.2. The van der Waals surface area contributed by atoms with Crippen LogP contribution in [0.25, 0.3) is 11.0 Å². The van der Waals surface area contributed by atoms with Crippen molar-refractivity contribution in [1.29, 1.82) is 0 Å². The number of hydrogen-bond donors (Lipinski definition) is 1. The fourth-order valence-electron chi connectivity index (χ4n) is 2.09. The number of aryl methyl sites for hydroxylation is 1. The lowest BCUT2D eigenvalue weighted by Gasteiger charge is -2.10. The second kappa shape index (κ2) is 5.36. The maximum Gasteiger partial charge on any atom is 0.226 e. The lowest BCUT2D eigenvalue weighted by atomic mass is 10.0. The Bertz CT molecular complexity index is 684. The summed E-state index contributed by atoms with van der Waals surface area (Å²) in [5.74, 6) is 5.95. The lowest BCUT2D eigenvalue weighted by Crippen LogP contribution is -2.24. The predicted molar refractivity (Wildman–Crippen MR) is 79.7 cm³/mol. The van der Waals surface area contributed by atoms with E-state index in [1.54, 1.807) is 25.9 Å². The predicted octanol–water partition coefficient (Wildman–Crippen LogP) is 2.05. The average Bonchev–Trinajstić information content (AvgIpc) is 2.75. The standard InChI is InChI=1S/C15H19N3O2/c1-9-5-6-11-12(8-14(19)18(3)4)15(10(2)17-16)20-13(11)7-9/h5-7H,8,16H2,1-4H3/b17-10+. The van der Waals surface area contributed by atoms with Crippen LogP contribution >= 0.6 is 0 Å². The van der Waals surface area contributed by atoms with Gasteiger partial charge in [-0.2, -0.15) is 5.10 Å². The minimum Gasteiger partial charge on any atom is -0.454 e. The molecule has 1 aromatic heterocycles. The third kappa shape index (κ3) is 2.52. The van der Waals surface area contributed by atoms with Crippen molar-refractivity contribution in [2.75, 3.05) is 14.1 Å². The highest BCUT2D eigenvalue weighted by molar-refractivity contribution is 6.03. The Morgan fingerprint density at radius 3 is 2.70 bits per heavy atom. The molecule has 0 aliphatic heterocycles. The number of nitrogens with zero attached hydrogens (tertiary/aromatic N) is 2. The molecule has 1 aromatic carbocycles. The second-order valence-electron chi connectivity index (χ2n) is 5.09. The number of fused-ring (bicyclic) bond motifs is 1. The molecular formula is C15H19N3O2. The van der Waals surface area contributed by atoms with Gasteiger partial charge in [0.05, 0.1) is 12.1 Å². The van der Waals surface area contributed by atoms with Crippen LogP contribution in [0.2, 0.25) is 0 Å². The Morgan fingerprint density at radius 1 is 1.40 bits per heavy atom. The third-order valence-corrected chi connectivity index (χ3v) is 3.30. The fraction of sp³-hybridized carbons (Fsp3) is 0.333. The van der Waals surface area contributed by atoms with Crippen molar-refractivity contribution in [3.05, 3.63) is 35.1 Å². The third-order valence-electron chi connectivity index (χ3n) is 3.30. The van der Waals surface area contributed by atoms with Gasteiger partial charge in [-0.1, -0.05) is 12.1 Å². The molecule has 0 unspecified atom stereocenters. The molecular weight excluding hydrogens is 254 g/mol. The fourth-order valence-corrected chi connectivity index (χ4v) is 2.09. The van der Waals surface area contributed by atoms with E-state index in [0.29, 0.717) is 11.5 Å². The molecule has 2 N–H and O–H groups in total. The Kier molecular flexibility index (Phi) is 3.79. The first-order chi connectivity index (χ1) is 9.43. The van der Waals surface area contributed by atoms with Gasteiger partial charge >= 0.3 is 0 Å². The second-order valence-corrected chi connectivity index (χ2v) is 5.09. The number of likely N-dealkylation sites (N-methyl/N-ethyl adjacent to an activating group) is 1. The van der Waals surface area contributed by atoms with E-state index in [0.717, 1.165) is 22.1 Å². The molecule has 0 fully saturated rings. The van der Waals surface area contributed by atoms with Crippen LogP contribution in [0, 0.1) is 6.92 Å². The highest BCUT2D eigenvalue weighted by Crippen LogP contribution is 2.28. The van der Waals surface area contributed by atoms with E-state index in [4.69, 9.17) is 10.3 Å². The summed E-state index contributed by atoms with van der Waals surface area (Å²) in [5.41, 5.74) is 3.28. The monoisotopic (exact) mass is 273 g/mol.